The average Bonchev–Trinajstić information content (AvgIpc) is 3.30. The van der Waals surface area contributed by atoms with E-state index in [2.05, 4.69) is 11.2 Å². The first kappa shape index (κ1) is 25.9. The lowest BCUT2D eigenvalue weighted by Gasteiger charge is -2.29. The van der Waals surface area contributed by atoms with Gasteiger partial charge in [-0.25, -0.2) is 9.69 Å². The van der Waals surface area contributed by atoms with Crippen molar-refractivity contribution in [1.29, 1.82) is 5.26 Å². The number of halogens is 2. The summed E-state index contributed by atoms with van der Waals surface area (Å²) in [5, 5.41) is 21.4. The highest BCUT2D eigenvalue weighted by Crippen LogP contribution is 2.44. The van der Waals surface area contributed by atoms with E-state index in [-0.39, 0.29) is 30.0 Å². The van der Waals surface area contributed by atoms with Crippen molar-refractivity contribution in [1.82, 2.24) is 14.8 Å². The largest absolute Gasteiger partial charge is 0.285 e. The van der Waals surface area contributed by atoms with Crippen LogP contribution in [0, 0.1) is 31.1 Å². The summed E-state index contributed by atoms with van der Waals surface area (Å²) in [5.41, 5.74) is 4.33. The summed E-state index contributed by atoms with van der Waals surface area (Å²) in [6, 6.07) is 16.6. The van der Waals surface area contributed by atoms with E-state index in [9.17, 15) is 14.9 Å². The molecule has 0 radical (unpaired) electrons. The predicted octanol–water partition coefficient (Wildman–Crippen LogP) is 5.86. The summed E-state index contributed by atoms with van der Waals surface area (Å²) >= 11 is 12.2. The van der Waals surface area contributed by atoms with Gasteiger partial charge in [0, 0.05) is 16.0 Å². The number of nitrogens with zero attached hydrogens (tertiary/aromatic N) is 5. The zero-order valence-electron chi connectivity index (χ0n) is 21.0. The van der Waals surface area contributed by atoms with E-state index in [0.717, 1.165) is 46.4 Å². The van der Waals surface area contributed by atoms with Crippen LogP contribution < -0.4 is 5.56 Å². The first-order valence-corrected chi connectivity index (χ1v) is 13.1. The molecule has 1 aliphatic heterocycles. The summed E-state index contributed by atoms with van der Waals surface area (Å²) in [6.45, 7) is 3.07. The van der Waals surface area contributed by atoms with Gasteiger partial charge in [-0.15, -0.1) is 0 Å². The number of fused-ring (bicyclic) bond motifs is 1. The maximum absolute atomic E-state index is 13.7. The Labute approximate surface area is 230 Å². The Kier molecular flexibility index (Phi) is 7.20. The number of benzene rings is 2. The molecule has 0 bridgehead atoms. The molecule has 2 heterocycles. The monoisotopic (exact) mass is 545 g/mol. The fourth-order valence-electron chi connectivity index (χ4n) is 5.17. The van der Waals surface area contributed by atoms with E-state index >= 15 is 0 Å². The lowest BCUT2D eigenvalue weighted by atomic mass is 9.77. The molecule has 1 aromatic heterocycles. The summed E-state index contributed by atoms with van der Waals surface area (Å²) in [5.74, 6) is -0.383. The molecule has 7 nitrogen and oxygen atoms in total. The zero-order chi connectivity index (χ0) is 27.0. The molecule has 0 spiro atoms. The van der Waals surface area contributed by atoms with Crippen molar-refractivity contribution in [2.45, 2.75) is 45.7 Å². The van der Waals surface area contributed by atoms with Gasteiger partial charge >= 0.3 is 0 Å². The minimum absolute atomic E-state index is 0.00543. The van der Waals surface area contributed by atoms with Crippen LogP contribution in [0.25, 0.3) is 6.08 Å². The third-order valence-electron chi connectivity index (χ3n) is 7.21. The number of rotatable bonds is 4. The van der Waals surface area contributed by atoms with Gasteiger partial charge in [0.15, 0.2) is 0 Å². The van der Waals surface area contributed by atoms with Crippen LogP contribution in [-0.2, 0) is 11.3 Å². The van der Waals surface area contributed by atoms with Gasteiger partial charge in [-0.05, 0) is 85.7 Å². The van der Waals surface area contributed by atoms with Crippen molar-refractivity contribution in [2.75, 3.05) is 0 Å². The van der Waals surface area contributed by atoms with E-state index in [0.29, 0.717) is 21.3 Å². The van der Waals surface area contributed by atoms with Crippen LogP contribution >= 0.6 is 23.2 Å². The van der Waals surface area contributed by atoms with Crippen molar-refractivity contribution in [2.24, 2.45) is 11.0 Å². The molecule has 0 N–H and O–H groups in total. The Hall–Kier alpha value is -3.73. The lowest BCUT2D eigenvalue weighted by Crippen LogP contribution is -2.38. The van der Waals surface area contributed by atoms with Crippen LogP contribution in [-0.4, -0.2) is 26.4 Å². The Morgan fingerprint density at radius 2 is 1.76 bits per heavy atom. The number of amides is 1. The summed E-state index contributed by atoms with van der Waals surface area (Å²) in [7, 11) is 0. The molecule has 1 saturated carbocycles. The fourth-order valence-corrected chi connectivity index (χ4v) is 5.42. The standard InChI is InChI=1S/C29H25Cl2N5O2/c1-17-18(2)33-35(29(38)25(17)15-32)16-26(37)36-28(20-8-12-23(31)13-9-20)24-5-3-4-21(27(24)34-36)14-19-6-10-22(30)11-7-19/h6-14,24,28H,3-5,16H2,1-2H3. The Morgan fingerprint density at radius 1 is 1.11 bits per heavy atom. The molecule has 2 aromatic carbocycles. The number of allylic oxidation sites excluding steroid dienone is 1. The van der Waals surface area contributed by atoms with Gasteiger partial charge in [0.25, 0.3) is 11.5 Å². The molecule has 1 fully saturated rings. The van der Waals surface area contributed by atoms with Gasteiger partial charge in [0.1, 0.15) is 18.2 Å². The maximum Gasteiger partial charge on any atom is 0.285 e. The van der Waals surface area contributed by atoms with E-state index in [1.54, 1.807) is 26.0 Å². The van der Waals surface area contributed by atoms with Crippen LogP contribution in [0.2, 0.25) is 10.0 Å². The molecule has 38 heavy (non-hydrogen) atoms. The smallest absolute Gasteiger partial charge is 0.271 e. The molecule has 2 unspecified atom stereocenters. The van der Waals surface area contributed by atoms with Gasteiger partial charge in [0.2, 0.25) is 0 Å². The molecule has 3 aromatic rings. The van der Waals surface area contributed by atoms with E-state index < -0.39 is 5.56 Å². The Balaban J connectivity index is 1.55. The quantitative estimate of drug-likeness (QED) is 0.410. The van der Waals surface area contributed by atoms with Gasteiger partial charge < -0.3 is 0 Å². The topological polar surface area (TPSA) is 91.3 Å². The van der Waals surface area contributed by atoms with Gasteiger partial charge in [-0.1, -0.05) is 47.5 Å². The second kappa shape index (κ2) is 10.6. The number of carbonyl (C=O) groups excluding carboxylic acids is 1. The maximum atomic E-state index is 13.7. The number of aryl methyl sites for hydroxylation is 1. The van der Waals surface area contributed by atoms with Crippen LogP contribution in [0.5, 0.6) is 0 Å². The van der Waals surface area contributed by atoms with Gasteiger partial charge in [-0.3, -0.25) is 9.59 Å². The van der Waals surface area contributed by atoms with Crippen molar-refractivity contribution in [3.63, 3.8) is 0 Å². The first-order chi connectivity index (χ1) is 18.3. The van der Waals surface area contributed by atoms with E-state index in [1.165, 1.54) is 5.01 Å². The number of carbonyl (C=O) groups is 1. The summed E-state index contributed by atoms with van der Waals surface area (Å²) < 4.78 is 1.06. The Bertz CT molecular complexity index is 1570. The highest BCUT2D eigenvalue weighted by molar-refractivity contribution is 6.30. The molecule has 2 aliphatic rings. The van der Waals surface area contributed by atoms with Crippen LogP contribution in [0.3, 0.4) is 0 Å². The minimum atomic E-state index is -0.584. The number of hydrogen-bond acceptors (Lipinski definition) is 5. The van der Waals surface area contributed by atoms with Crippen LogP contribution in [0.4, 0.5) is 0 Å². The third-order valence-corrected chi connectivity index (χ3v) is 7.72. The number of nitriles is 1. The molecular formula is C29H25Cl2N5O2. The molecule has 5 rings (SSSR count). The Morgan fingerprint density at radius 3 is 2.42 bits per heavy atom. The minimum Gasteiger partial charge on any atom is -0.271 e. The fraction of sp³-hybridized carbons (Fsp3) is 0.276. The first-order valence-electron chi connectivity index (χ1n) is 12.4. The lowest BCUT2D eigenvalue weighted by molar-refractivity contribution is -0.134. The number of hydrazone groups is 1. The van der Waals surface area contributed by atoms with Crippen LogP contribution in [0.15, 0.2) is 64.0 Å². The van der Waals surface area contributed by atoms with Crippen molar-refractivity contribution in [3.05, 3.63) is 102 Å². The second-order valence-corrected chi connectivity index (χ2v) is 10.5. The van der Waals surface area contributed by atoms with Crippen molar-refractivity contribution < 1.29 is 4.79 Å². The predicted molar refractivity (Wildman–Crippen MR) is 148 cm³/mol. The number of aromatic nitrogens is 2. The third kappa shape index (κ3) is 4.90. The number of hydrogen-bond donors (Lipinski definition) is 0. The van der Waals surface area contributed by atoms with Gasteiger partial charge in [-0.2, -0.15) is 15.5 Å². The van der Waals surface area contributed by atoms with Crippen LogP contribution in [0.1, 0.15) is 53.3 Å². The van der Waals surface area contributed by atoms with E-state index in [1.807, 2.05) is 42.5 Å². The van der Waals surface area contributed by atoms with E-state index in [4.69, 9.17) is 28.3 Å². The zero-order valence-corrected chi connectivity index (χ0v) is 22.5. The molecule has 1 amide bonds. The molecular weight excluding hydrogens is 521 g/mol. The molecule has 0 saturated heterocycles. The normalized spacial score (nSPS) is 19.7. The molecule has 9 heteroatoms. The SMILES string of the molecule is Cc1nn(CC(=O)N2N=C3C(=Cc4ccc(Cl)cc4)CCCC3C2c2ccc(Cl)cc2)c(=O)c(C#N)c1C. The van der Waals surface area contributed by atoms with Crippen molar-refractivity contribution >= 4 is 40.9 Å². The highest BCUT2D eigenvalue weighted by Gasteiger charge is 2.43. The van der Waals surface area contributed by atoms with Gasteiger partial charge in [0.05, 0.1) is 17.4 Å². The average molecular weight is 546 g/mol. The summed E-state index contributed by atoms with van der Waals surface area (Å²) in [6.07, 6.45) is 4.77. The molecule has 192 valence electrons. The second-order valence-electron chi connectivity index (χ2n) is 9.60. The summed E-state index contributed by atoms with van der Waals surface area (Å²) in [4.78, 5) is 26.6. The molecule has 1 aliphatic carbocycles. The highest BCUT2D eigenvalue weighted by atomic mass is 35.5. The van der Waals surface area contributed by atoms with Crippen molar-refractivity contribution in [3.8, 4) is 6.07 Å². The molecule has 2 atom stereocenters.